The summed E-state index contributed by atoms with van der Waals surface area (Å²) in [5.74, 6) is 2.47. The number of benzene rings is 8. The third kappa shape index (κ3) is 3.54. The highest BCUT2D eigenvalue weighted by Gasteiger charge is 2.58. The Balaban J connectivity index is 1.03. The van der Waals surface area contributed by atoms with E-state index in [0.29, 0.717) is 5.92 Å². The van der Waals surface area contributed by atoms with Gasteiger partial charge in [0.1, 0.15) is 11.5 Å². The molecule has 3 unspecified atom stereocenters. The Morgan fingerprint density at radius 1 is 0.411 bits per heavy atom. The Bertz CT molecular complexity index is 3120. The molecule has 0 amide bonds. The van der Waals surface area contributed by atoms with Gasteiger partial charge in [0, 0.05) is 17.0 Å². The molecule has 13 rings (SSSR count). The van der Waals surface area contributed by atoms with Crippen LogP contribution >= 0.6 is 0 Å². The van der Waals surface area contributed by atoms with Gasteiger partial charge < -0.3 is 4.74 Å². The molecule has 1 heterocycles. The first-order chi connectivity index (χ1) is 27.7. The van der Waals surface area contributed by atoms with Gasteiger partial charge >= 0.3 is 0 Å². The van der Waals surface area contributed by atoms with E-state index in [4.69, 9.17) is 4.74 Å². The minimum absolute atomic E-state index is 0.280. The van der Waals surface area contributed by atoms with Crippen LogP contribution in [0, 0.1) is 11.8 Å². The van der Waals surface area contributed by atoms with Gasteiger partial charge in [-0.15, -0.1) is 0 Å². The van der Waals surface area contributed by atoms with E-state index in [1.54, 1.807) is 0 Å². The van der Waals surface area contributed by atoms with E-state index in [1.165, 1.54) is 88.3 Å². The molecule has 0 radical (unpaired) electrons. The van der Waals surface area contributed by atoms with Crippen molar-refractivity contribution in [3.8, 4) is 44.9 Å². The highest BCUT2D eigenvalue weighted by atomic mass is 16.5. The molecule has 0 saturated heterocycles. The molecule has 4 aliphatic carbocycles. The highest BCUT2D eigenvalue weighted by molar-refractivity contribution is 5.94. The van der Waals surface area contributed by atoms with E-state index in [9.17, 15) is 0 Å². The molecule has 5 aliphatic rings. The van der Waals surface area contributed by atoms with E-state index < -0.39 is 5.41 Å². The second-order valence-corrected chi connectivity index (χ2v) is 16.3. The summed E-state index contributed by atoms with van der Waals surface area (Å²) < 4.78 is 6.91. The van der Waals surface area contributed by atoms with Crippen LogP contribution in [0.15, 0.2) is 182 Å². The molecule has 1 heteroatoms. The maximum Gasteiger partial charge on any atom is 0.132 e. The normalized spacial score (nSPS) is 20.3. The van der Waals surface area contributed by atoms with Gasteiger partial charge in [-0.2, -0.15) is 0 Å². The van der Waals surface area contributed by atoms with Crippen LogP contribution in [0.5, 0.6) is 11.5 Å². The number of hydrogen-bond donors (Lipinski definition) is 0. The molecule has 0 N–H and O–H groups in total. The quantitative estimate of drug-likeness (QED) is 0.165. The number of para-hydroxylation sites is 1. The van der Waals surface area contributed by atoms with Crippen molar-refractivity contribution in [1.82, 2.24) is 0 Å². The molecule has 3 atom stereocenters. The number of ether oxygens (including phenoxy) is 1. The topological polar surface area (TPSA) is 9.23 Å². The molecule has 56 heavy (non-hydrogen) atoms. The standard InChI is InChI=1S/C55H36O/c1-33-30-36-14-2-3-15-37(36)52-41-19-7-11-23-46(41)55(53(33)52)45-22-10-6-18-40(45)42-31-34(26-28-47(42)55)35-27-29-49-51(32-35)56-50-25-13-12-24-48(50)54(49)43-20-8-4-16-38(43)39-17-5-9-21-44(39)54/h2-33,53H,1H3. The van der Waals surface area contributed by atoms with Crippen LogP contribution in [0.4, 0.5) is 0 Å². The summed E-state index contributed by atoms with van der Waals surface area (Å²) in [7, 11) is 0. The van der Waals surface area contributed by atoms with Crippen molar-refractivity contribution in [2.24, 2.45) is 11.8 Å². The molecule has 0 bridgehead atoms. The van der Waals surface area contributed by atoms with Crippen molar-refractivity contribution in [2.75, 3.05) is 0 Å². The fraction of sp³-hybridized carbons (Fsp3) is 0.0909. The number of hydrogen-bond acceptors (Lipinski definition) is 1. The monoisotopic (exact) mass is 712 g/mol. The van der Waals surface area contributed by atoms with Crippen LogP contribution in [-0.4, -0.2) is 0 Å². The van der Waals surface area contributed by atoms with Gasteiger partial charge in [-0.1, -0.05) is 177 Å². The summed E-state index contributed by atoms with van der Waals surface area (Å²) in [5.41, 5.74) is 19.1. The van der Waals surface area contributed by atoms with Crippen molar-refractivity contribution in [1.29, 1.82) is 0 Å². The SMILES string of the molecule is CC1C=c2ccccc2=C2c3ccccc3C3(c4ccccc4-c4cc(-c5ccc6c(c5)Oc5ccccc5C65c6ccccc6-c6ccccc65)ccc43)C21. The molecular weight excluding hydrogens is 677 g/mol. The Kier molecular flexibility index (Phi) is 5.87. The average Bonchev–Trinajstić information content (AvgIpc) is 3.84. The lowest BCUT2D eigenvalue weighted by Gasteiger charge is -2.39. The van der Waals surface area contributed by atoms with Crippen LogP contribution in [0.2, 0.25) is 0 Å². The van der Waals surface area contributed by atoms with Crippen molar-refractivity contribution in [3.05, 3.63) is 237 Å². The minimum atomic E-state index is -0.463. The van der Waals surface area contributed by atoms with Crippen molar-refractivity contribution < 1.29 is 4.74 Å². The number of rotatable bonds is 1. The van der Waals surface area contributed by atoms with Crippen LogP contribution in [-0.2, 0) is 10.8 Å². The van der Waals surface area contributed by atoms with Gasteiger partial charge in [-0.25, -0.2) is 0 Å². The lowest BCUT2D eigenvalue weighted by atomic mass is 9.62. The molecule has 0 saturated carbocycles. The van der Waals surface area contributed by atoms with Crippen LogP contribution in [0.1, 0.15) is 51.4 Å². The summed E-state index contributed by atoms with van der Waals surface area (Å²) in [6, 6.07) is 68.2. The smallest absolute Gasteiger partial charge is 0.132 e. The fourth-order valence-electron chi connectivity index (χ4n) is 12.0. The molecule has 0 fully saturated rings. The van der Waals surface area contributed by atoms with Gasteiger partial charge in [0.25, 0.3) is 0 Å². The van der Waals surface area contributed by atoms with Gasteiger partial charge in [-0.05, 0) is 107 Å². The Labute approximate surface area is 326 Å². The first kappa shape index (κ1) is 30.6. The number of fused-ring (bicyclic) bond motifs is 20. The Morgan fingerprint density at radius 2 is 0.911 bits per heavy atom. The van der Waals surface area contributed by atoms with Crippen molar-refractivity contribution >= 4 is 11.6 Å². The zero-order chi connectivity index (χ0) is 36.8. The van der Waals surface area contributed by atoms with E-state index in [1.807, 2.05) is 0 Å². The van der Waals surface area contributed by atoms with Crippen molar-refractivity contribution in [2.45, 2.75) is 17.8 Å². The predicted octanol–water partition coefficient (Wildman–Crippen LogP) is 11.4. The van der Waals surface area contributed by atoms with Gasteiger partial charge in [0.15, 0.2) is 0 Å². The second kappa shape index (κ2) is 10.7. The minimum Gasteiger partial charge on any atom is -0.457 e. The predicted molar refractivity (Wildman–Crippen MR) is 226 cm³/mol. The molecule has 2 spiro atoms. The van der Waals surface area contributed by atoms with E-state index >= 15 is 0 Å². The lowest BCUT2D eigenvalue weighted by molar-refractivity contribution is 0.419. The molecule has 262 valence electrons. The fourth-order valence-corrected chi connectivity index (χ4v) is 12.0. The molecule has 1 nitrogen and oxygen atoms in total. The second-order valence-electron chi connectivity index (χ2n) is 16.3. The maximum absolute atomic E-state index is 6.91. The summed E-state index contributed by atoms with van der Waals surface area (Å²) in [6.45, 7) is 2.43. The van der Waals surface area contributed by atoms with Crippen LogP contribution in [0.25, 0.3) is 45.0 Å². The van der Waals surface area contributed by atoms with Crippen LogP contribution < -0.4 is 15.2 Å². The van der Waals surface area contributed by atoms with Gasteiger partial charge in [0.05, 0.1) is 10.8 Å². The zero-order valence-corrected chi connectivity index (χ0v) is 31.0. The third-order valence-corrected chi connectivity index (χ3v) is 13.9. The first-order valence-electron chi connectivity index (χ1n) is 20.0. The summed E-state index contributed by atoms with van der Waals surface area (Å²) >= 11 is 0. The average molecular weight is 713 g/mol. The first-order valence-corrected chi connectivity index (χ1v) is 20.0. The summed E-state index contributed by atoms with van der Waals surface area (Å²) in [4.78, 5) is 0. The highest BCUT2D eigenvalue weighted by Crippen LogP contribution is 2.66. The summed E-state index contributed by atoms with van der Waals surface area (Å²) in [5, 5.41) is 2.73. The molecule has 1 aliphatic heterocycles. The van der Waals surface area contributed by atoms with Crippen molar-refractivity contribution in [3.63, 3.8) is 0 Å². The lowest BCUT2D eigenvalue weighted by Crippen LogP contribution is -2.42. The maximum atomic E-state index is 6.91. The Morgan fingerprint density at radius 3 is 1.64 bits per heavy atom. The Hall–Kier alpha value is -6.70. The van der Waals surface area contributed by atoms with Gasteiger partial charge in [-0.3, -0.25) is 0 Å². The van der Waals surface area contributed by atoms with Gasteiger partial charge in [0.2, 0.25) is 0 Å². The van der Waals surface area contributed by atoms with E-state index in [2.05, 4.69) is 195 Å². The van der Waals surface area contributed by atoms with Crippen LogP contribution in [0.3, 0.4) is 0 Å². The largest absolute Gasteiger partial charge is 0.457 e. The van der Waals surface area contributed by atoms with E-state index in [-0.39, 0.29) is 11.3 Å². The molecule has 8 aromatic carbocycles. The van der Waals surface area contributed by atoms with E-state index in [0.717, 1.165) is 17.1 Å². The zero-order valence-electron chi connectivity index (χ0n) is 31.0. The summed E-state index contributed by atoms with van der Waals surface area (Å²) in [6.07, 6.45) is 2.52. The molecule has 8 aromatic rings. The molecule has 0 aromatic heterocycles. The third-order valence-electron chi connectivity index (χ3n) is 13.9. The molecular formula is C55H36O.